The van der Waals surface area contributed by atoms with Crippen molar-refractivity contribution in [3.05, 3.63) is 55.4 Å². The van der Waals surface area contributed by atoms with Gasteiger partial charge < -0.3 is 4.90 Å². The van der Waals surface area contributed by atoms with Gasteiger partial charge in [-0.3, -0.25) is 14.9 Å². The third kappa shape index (κ3) is 3.00. The SMILES string of the molecule is O=C(Nc1nc2c(s1)CN(C(=O)c1ccsc1)CC2)c1cccs1. The third-order valence-corrected chi connectivity index (χ3v) is 6.30. The summed E-state index contributed by atoms with van der Waals surface area (Å²) in [5.74, 6) is -0.0817. The zero-order valence-electron chi connectivity index (χ0n) is 12.5. The van der Waals surface area contributed by atoms with Gasteiger partial charge in [0, 0.05) is 23.2 Å². The van der Waals surface area contributed by atoms with Crippen LogP contribution in [0, 0.1) is 0 Å². The molecule has 0 unspecified atom stereocenters. The Balaban J connectivity index is 1.48. The number of hydrogen-bond donors (Lipinski definition) is 1. The normalized spacial score (nSPS) is 13.6. The first kappa shape index (κ1) is 15.5. The fourth-order valence-electron chi connectivity index (χ4n) is 2.56. The summed E-state index contributed by atoms with van der Waals surface area (Å²) >= 11 is 4.37. The van der Waals surface area contributed by atoms with Crippen LogP contribution in [0.1, 0.15) is 30.6 Å². The number of nitrogens with zero attached hydrogens (tertiary/aromatic N) is 2. The van der Waals surface area contributed by atoms with Gasteiger partial charge in [0.05, 0.1) is 22.7 Å². The van der Waals surface area contributed by atoms with Crippen molar-refractivity contribution >= 4 is 51.0 Å². The smallest absolute Gasteiger partial charge is 0.267 e. The average Bonchev–Trinajstić information content (AvgIpc) is 3.32. The molecule has 2 amide bonds. The zero-order valence-corrected chi connectivity index (χ0v) is 15.0. The van der Waals surface area contributed by atoms with E-state index in [1.54, 1.807) is 6.07 Å². The molecule has 5 nitrogen and oxygen atoms in total. The van der Waals surface area contributed by atoms with Crippen molar-refractivity contribution in [2.75, 3.05) is 11.9 Å². The van der Waals surface area contributed by atoms with Gasteiger partial charge in [0.25, 0.3) is 11.8 Å². The van der Waals surface area contributed by atoms with Crippen molar-refractivity contribution in [2.45, 2.75) is 13.0 Å². The number of rotatable bonds is 3. The molecule has 0 spiro atoms. The molecule has 3 aromatic heterocycles. The van der Waals surface area contributed by atoms with Gasteiger partial charge in [-0.05, 0) is 22.9 Å². The van der Waals surface area contributed by atoms with Crippen molar-refractivity contribution in [1.29, 1.82) is 0 Å². The van der Waals surface area contributed by atoms with Crippen LogP contribution < -0.4 is 5.32 Å². The van der Waals surface area contributed by atoms with Crippen LogP contribution in [0.15, 0.2) is 34.3 Å². The second-order valence-electron chi connectivity index (χ2n) is 5.31. The van der Waals surface area contributed by atoms with E-state index in [1.165, 1.54) is 34.0 Å². The third-order valence-electron chi connectivity index (χ3n) is 3.75. The van der Waals surface area contributed by atoms with E-state index in [0.717, 1.165) is 22.6 Å². The lowest BCUT2D eigenvalue weighted by atomic mass is 10.1. The van der Waals surface area contributed by atoms with Crippen LogP contribution in [0.5, 0.6) is 0 Å². The molecule has 0 atom stereocenters. The summed E-state index contributed by atoms with van der Waals surface area (Å²) in [7, 11) is 0. The van der Waals surface area contributed by atoms with Crippen LogP contribution in [-0.2, 0) is 13.0 Å². The Bertz CT molecular complexity index is 869. The van der Waals surface area contributed by atoms with Crippen LogP contribution in [0.2, 0.25) is 0 Å². The summed E-state index contributed by atoms with van der Waals surface area (Å²) < 4.78 is 0. The highest BCUT2D eigenvalue weighted by atomic mass is 32.1. The number of fused-ring (bicyclic) bond motifs is 1. The minimum Gasteiger partial charge on any atom is -0.333 e. The first-order valence-electron chi connectivity index (χ1n) is 7.35. The molecule has 0 radical (unpaired) electrons. The van der Waals surface area contributed by atoms with E-state index in [0.29, 0.717) is 23.1 Å². The monoisotopic (exact) mass is 375 g/mol. The van der Waals surface area contributed by atoms with Crippen molar-refractivity contribution in [3.8, 4) is 0 Å². The molecule has 0 aliphatic carbocycles. The largest absolute Gasteiger partial charge is 0.333 e. The number of amides is 2. The van der Waals surface area contributed by atoms with Crippen molar-refractivity contribution < 1.29 is 9.59 Å². The molecule has 0 fully saturated rings. The molecule has 1 aliphatic rings. The molecule has 122 valence electrons. The highest BCUT2D eigenvalue weighted by Gasteiger charge is 2.25. The van der Waals surface area contributed by atoms with E-state index in [-0.39, 0.29) is 11.8 Å². The van der Waals surface area contributed by atoms with Gasteiger partial charge in [0.2, 0.25) is 0 Å². The van der Waals surface area contributed by atoms with E-state index in [4.69, 9.17) is 0 Å². The Morgan fingerprint density at radius 1 is 1.25 bits per heavy atom. The lowest BCUT2D eigenvalue weighted by Crippen LogP contribution is -2.35. The number of carbonyl (C=O) groups is 2. The minimum atomic E-state index is -0.137. The maximum atomic E-state index is 12.5. The molecule has 4 heterocycles. The molecule has 1 aliphatic heterocycles. The molecule has 8 heteroatoms. The number of anilines is 1. The highest BCUT2D eigenvalue weighted by Crippen LogP contribution is 2.29. The lowest BCUT2D eigenvalue weighted by molar-refractivity contribution is 0.0736. The highest BCUT2D eigenvalue weighted by molar-refractivity contribution is 7.16. The van der Waals surface area contributed by atoms with Gasteiger partial charge >= 0.3 is 0 Å². The van der Waals surface area contributed by atoms with Crippen LogP contribution in [0.25, 0.3) is 0 Å². The van der Waals surface area contributed by atoms with Crippen molar-refractivity contribution in [3.63, 3.8) is 0 Å². The molecule has 1 N–H and O–H groups in total. The van der Waals surface area contributed by atoms with E-state index >= 15 is 0 Å². The molecule has 24 heavy (non-hydrogen) atoms. The number of aromatic nitrogens is 1. The summed E-state index contributed by atoms with van der Waals surface area (Å²) in [6, 6.07) is 5.48. The molecular formula is C16H13N3O2S3. The standard InChI is InChI=1S/C16H13N3O2S3/c20-14(12-2-1-6-23-12)18-16-17-11-3-5-19(8-13(11)24-16)15(21)10-4-7-22-9-10/h1-2,4,6-7,9H,3,5,8H2,(H,17,18,20). The second-order valence-corrected chi connectivity index (χ2v) is 8.12. The molecule has 0 aromatic carbocycles. The average molecular weight is 376 g/mol. The molecule has 0 saturated carbocycles. The number of carbonyl (C=O) groups excluding carboxylic acids is 2. The van der Waals surface area contributed by atoms with E-state index < -0.39 is 0 Å². The maximum absolute atomic E-state index is 12.5. The van der Waals surface area contributed by atoms with Crippen LogP contribution in [0.3, 0.4) is 0 Å². The lowest BCUT2D eigenvalue weighted by Gasteiger charge is -2.25. The first-order valence-corrected chi connectivity index (χ1v) is 9.99. The van der Waals surface area contributed by atoms with Crippen LogP contribution in [0.4, 0.5) is 5.13 Å². The van der Waals surface area contributed by atoms with Crippen molar-refractivity contribution in [1.82, 2.24) is 9.88 Å². The summed E-state index contributed by atoms with van der Waals surface area (Å²) in [6.45, 7) is 1.21. The summed E-state index contributed by atoms with van der Waals surface area (Å²) in [5, 5.41) is 9.10. The van der Waals surface area contributed by atoms with Gasteiger partial charge in [-0.15, -0.1) is 11.3 Å². The van der Waals surface area contributed by atoms with E-state index in [1.807, 2.05) is 33.2 Å². The fraction of sp³-hybridized carbons (Fsp3) is 0.188. The predicted octanol–water partition coefficient (Wildman–Crippen LogP) is 3.72. The molecule has 0 bridgehead atoms. The van der Waals surface area contributed by atoms with Gasteiger partial charge in [-0.1, -0.05) is 17.4 Å². The Morgan fingerprint density at radius 3 is 2.92 bits per heavy atom. The predicted molar refractivity (Wildman–Crippen MR) is 97.1 cm³/mol. The van der Waals surface area contributed by atoms with E-state index in [9.17, 15) is 9.59 Å². The van der Waals surface area contributed by atoms with Gasteiger partial charge in [-0.25, -0.2) is 4.98 Å². The Labute approximate surface area is 150 Å². The molecule has 4 rings (SSSR count). The number of nitrogens with one attached hydrogen (secondary N) is 1. The maximum Gasteiger partial charge on any atom is 0.267 e. The van der Waals surface area contributed by atoms with E-state index in [2.05, 4.69) is 10.3 Å². The Hall–Kier alpha value is -2.03. The number of hydrogen-bond acceptors (Lipinski definition) is 6. The van der Waals surface area contributed by atoms with Gasteiger partial charge in [-0.2, -0.15) is 11.3 Å². The number of thiazole rings is 1. The molecular weight excluding hydrogens is 362 g/mol. The van der Waals surface area contributed by atoms with Gasteiger partial charge in [0.15, 0.2) is 5.13 Å². The van der Waals surface area contributed by atoms with Crippen LogP contribution >= 0.6 is 34.0 Å². The topological polar surface area (TPSA) is 62.3 Å². The summed E-state index contributed by atoms with van der Waals surface area (Å²) in [5.41, 5.74) is 1.72. The number of thiophene rings is 2. The van der Waals surface area contributed by atoms with Gasteiger partial charge in [0.1, 0.15) is 0 Å². The molecule has 3 aromatic rings. The summed E-state index contributed by atoms with van der Waals surface area (Å²) in [4.78, 5) is 32.6. The first-order chi connectivity index (χ1) is 11.7. The Kier molecular flexibility index (Phi) is 4.17. The van der Waals surface area contributed by atoms with Crippen LogP contribution in [-0.4, -0.2) is 28.2 Å². The zero-order chi connectivity index (χ0) is 16.5. The Morgan fingerprint density at radius 2 is 2.17 bits per heavy atom. The minimum absolute atomic E-state index is 0.0551. The van der Waals surface area contributed by atoms with Crippen molar-refractivity contribution in [2.24, 2.45) is 0 Å². The second kappa shape index (κ2) is 6.46. The summed E-state index contributed by atoms with van der Waals surface area (Å²) in [6.07, 6.45) is 0.719. The molecule has 0 saturated heterocycles. The fourth-order valence-corrected chi connectivity index (χ4v) is 4.83. The quantitative estimate of drug-likeness (QED) is 0.759.